The second-order valence-electron chi connectivity index (χ2n) is 4.78. The molecule has 1 aromatic heterocycles. The van der Waals surface area contributed by atoms with Crippen molar-refractivity contribution in [2.45, 2.75) is 31.6 Å². The fourth-order valence-corrected chi connectivity index (χ4v) is 2.99. The van der Waals surface area contributed by atoms with Crippen molar-refractivity contribution in [2.75, 3.05) is 13.6 Å². The molecule has 0 aliphatic heterocycles. The summed E-state index contributed by atoms with van der Waals surface area (Å²) < 4.78 is 0. The van der Waals surface area contributed by atoms with E-state index in [0.717, 1.165) is 6.54 Å². The molecule has 0 radical (unpaired) electrons. The van der Waals surface area contributed by atoms with E-state index in [-0.39, 0.29) is 0 Å². The van der Waals surface area contributed by atoms with Gasteiger partial charge in [0, 0.05) is 18.2 Å². The molecule has 3 nitrogen and oxygen atoms in total. The second kappa shape index (κ2) is 2.83. The molecule has 0 amide bonds. The van der Waals surface area contributed by atoms with Crippen molar-refractivity contribution in [1.82, 2.24) is 15.5 Å². The van der Waals surface area contributed by atoms with Crippen LogP contribution in [-0.4, -0.2) is 23.8 Å². The van der Waals surface area contributed by atoms with Gasteiger partial charge in [-0.15, -0.1) is 0 Å². The van der Waals surface area contributed by atoms with Crippen molar-refractivity contribution in [3.05, 3.63) is 17.5 Å². The van der Waals surface area contributed by atoms with Crippen LogP contribution in [0.25, 0.3) is 0 Å². The summed E-state index contributed by atoms with van der Waals surface area (Å²) in [7, 11) is 2.05. The lowest BCUT2D eigenvalue weighted by molar-refractivity contribution is 0.338. The monoisotopic (exact) mass is 191 g/mol. The number of aromatic nitrogens is 2. The van der Waals surface area contributed by atoms with Crippen LogP contribution in [0.4, 0.5) is 0 Å². The van der Waals surface area contributed by atoms with E-state index in [0.29, 0.717) is 11.3 Å². The Morgan fingerprint density at radius 2 is 2.43 bits per heavy atom. The van der Waals surface area contributed by atoms with Gasteiger partial charge >= 0.3 is 0 Å². The Morgan fingerprint density at radius 1 is 1.57 bits per heavy atom. The maximum absolute atomic E-state index is 4.18. The molecular weight excluding hydrogens is 174 g/mol. The Morgan fingerprint density at radius 3 is 3.14 bits per heavy atom. The van der Waals surface area contributed by atoms with Gasteiger partial charge in [-0.25, -0.2) is 0 Å². The van der Waals surface area contributed by atoms with Gasteiger partial charge in [0.05, 0.1) is 6.20 Å². The van der Waals surface area contributed by atoms with Crippen molar-refractivity contribution >= 4 is 0 Å². The SMILES string of the molecule is CNCC1c2cn[nH]c2CCC12CC2. The summed E-state index contributed by atoms with van der Waals surface area (Å²) in [6.07, 6.45) is 7.44. The van der Waals surface area contributed by atoms with Gasteiger partial charge in [-0.1, -0.05) is 0 Å². The lowest BCUT2D eigenvalue weighted by Gasteiger charge is -2.31. The number of aryl methyl sites for hydroxylation is 1. The van der Waals surface area contributed by atoms with Crippen molar-refractivity contribution in [3.8, 4) is 0 Å². The normalized spacial score (nSPS) is 27.6. The molecule has 1 unspecified atom stereocenters. The first-order chi connectivity index (χ1) is 6.86. The summed E-state index contributed by atoms with van der Waals surface area (Å²) in [5.74, 6) is 0.704. The molecule has 1 atom stereocenters. The molecule has 3 rings (SSSR count). The van der Waals surface area contributed by atoms with Crippen LogP contribution in [0.5, 0.6) is 0 Å². The molecule has 76 valence electrons. The van der Waals surface area contributed by atoms with E-state index in [1.807, 2.05) is 13.2 Å². The average molecular weight is 191 g/mol. The number of aromatic amines is 1. The number of nitrogens with zero attached hydrogens (tertiary/aromatic N) is 1. The molecule has 0 saturated heterocycles. The Bertz CT molecular complexity index is 338. The Balaban J connectivity index is 1.97. The number of nitrogens with one attached hydrogen (secondary N) is 2. The van der Waals surface area contributed by atoms with Gasteiger partial charge in [0.25, 0.3) is 0 Å². The standard InChI is InChI=1S/C11H17N3/c1-12-7-9-8-6-13-14-10(8)2-3-11(9)4-5-11/h6,9,12H,2-5,7H2,1H3,(H,13,14). The van der Waals surface area contributed by atoms with E-state index < -0.39 is 0 Å². The third-order valence-corrected chi connectivity index (χ3v) is 4.04. The van der Waals surface area contributed by atoms with Crippen molar-refractivity contribution < 1.29 is 0 Å². The summed E-state index contributed by atoms with van der Waals surface area (Å²) in [5.41, 5.74) is 3.49. The number of fused-ring (bicyclic) bond motifs is 1. The third-order valence-electron chi connectivity index (χ3n) is 4.04. The maximum Gasteiger partial charge on any atom is 0.0525 e. The van der Waals surface area contributed by atoms with Crippen molar-refractivity contribution in [3.63, 3.8) is 0 Å². The number of hydrogen-bond donors (Lipinski definition) is 2. The average Bonchev–Trinajstić information content (AvgIpc) is 2.79. The summed E-state index contributed by atoms with van der Waals surface area (Å²) in [6.45, 7) is 1.10. The largest absolute Gasteiger partial charge is 0.319 e. The summed E-state index contributed by atoms with van der Waals surface area (Å²) in [4.78, 5) is 0. The quantitative estimate of drug-likeness (QED) is 0.742. The highest BCUT2D eigenvalue weighted by atomic mass is 15.1. The molecule has 14 heavy (non-hydrogen) atoms. The van der Waals surface area contributed by atoms with Crippen molar-refractivity contribution in [2.24, 2.45) is 5.41 Å². The number of H-pyrrole nitrogens is 1. The van der Waals surface area contributed by atoms with Gasteiger partial charge in [-0.2, -0.15) is 5.10 Å². The molecule has 0 bridgehead atoms. The Kier molecular flexibility index (Phi) is 1.71. The Hall–Kier alpha value is -0.830. The lowest BCUT2D eigenvalue weighted by Crippen LogP contribution is -2.29. The van der Waals surface area contributed by atoms with Gasteiger partial charge in [-0.05, 0) is 43.7 Å². The summed E-state index contributed by atoms with van der Waals surface area (Å²) in [5, 5.41) is 10.6. The van der Waals surface area contributed by atoms with E-state index in [4.69, 9.17) is 0 Å². The number of rotatable bonds is 2. The highest BCUT2D eigenvalue weighted by Crippen LogP contribution is 2.61. The predicted molar refractivity (Wildman–Crippen MR) is 55.2 cm³/mol. The molecule has 1 aromatic rings. The Labute approximate surface area is 84.3 Å². The molecule has 1 saturated carbocycles. The molecule has 1 spiro atoms. The van der Waals surface area contributed by atoms with Crippen LogP contribution in [0.3, 0.4) is 0 Å². The smallest absolute Gasteiger partial charge is 0.0525 e. The summed E-state index contributed by atoms with van der Waals surface area (Å²) >= 11 is 0. The zero-order valence-corrected chi connectivity index (χ0v) is 8.64. The first-order valence-corrected chi connectivity index (χ1v) is 5.52. The van der Waals surface area contributed by atoms with Gasteiger partial charge in [0.1, 0.15) is 0 Å². The fourth-order valence-electron chi connectivity index (χ4n) is 2.99. The minimum Gasteiger partial charge on any atom is -0.319 e. The minimum absolute atomic E-state index is 0.639. The zero-order chi connectivity index (χ0) is 9.60. The van der Waals surface area contributed by atoms with E-state index in [2.05, 4.69) is 15.5 Å². The molecular formula is C11H17N3. The van der Waals surface area contributed by atoms with E-state index >= 15 is 0 Å². The van der Waals surface area contributed by atoms with Gasteiger partial charge in [-0.3, -0.25) is 5.10 Å². The van der Waals surface area contributed by atoms with Crippen LogP contribution in [0.1, 0.15) is 36.4 Å². The molecule has 2 aliphatic rings. The molecule has 0 aromatic carbocycles. The molecule has 2 N–H and O–H groups in total. The van der Waals surface area contributed by atoms with Gasteiger partial charge in [0.2, 0.25) is 0 Å². The fraction of sp³-hybridized carbons (Fsp3) is 0.727. The van der Waals surface area contributed by atoms with E-state index in [9.17, 15) is 0 Å². The van der Waals surface area contributed by atoms with Crippen molar-refractivity contribution in [1.29, 1.82) is 0 Å². The van der Waals surface area contributed by atoms with Crippen LogP contribution in [0.15, 0.2) is 6.20 Å². The highest BCUT2D eigenvalue weighted by Gasteiger charge is 2.51. The second-order valence-corrected chi connectivity index (χ2v) is 4.78. The first kappa shape index (κ1) is 8.48. The highest BCUT2D eigenvalue weighted by molar-refractivity contribution is 5.31. The molecule has 3 heteroatoms. The zero-order valence-electron chi connectivity index (χ0n) is 8.64. The van der Waals surface area contributed by atoms with Crippen LogP contribution in [0, 0.1) is 5.41 Å². The molecule has 1 heterocycles. The predicted octanol–water partition coefficient (Wildman–Crippen LogP) is 1.44. The minimum atomic E-state index is 0.639. The number of likely N-dealkylation sites (N-methyl/N-ethyl adjacent to an activating group) is 1. The van der Waals surface area contributed by atoms with Crippen LogP contribution >= 0.6 is 0 Å². The van der Waals surface area contributed by atoms with E-state index in [1.54, 1.807) is 0 Å². The number of hydrogen-bond acceptors (Lipinski definition) is 2. The van der Waals surface area contributed by atoms with Crippen LogP contribution in [0.2, 0.25) is 0 Å². The maximum atomic E-state index is 4.18. The van der Waals surface area contributed by atoms with Crippen LogP contribution in [-0.2, 0) is 6.42 Å². The van der Waals surface area contributed by atoms with Gasteiger partial charge < -0.3 is 5.32 Å². The topological polar surface area (TPSA) is 40.7 Å². The summed E-state index contributed by atoms with van der Waals surface area (Å²) in [6, 6.07) is 0. The lowest BCUT2D eigenvalue weighted by atomic mass is 9.75. The van der Waals surface area contributed by atoms with Crippen LogP contribution < -0.4 is 5.32 Å². The van der Waals surface area contributed by atoms with Gasteiger partial charge in [0.15, 0.2) is 0 Å². The molecule has 2 aliphatic carbocycles. The third kappa shape index (κ3) is 1.05. The molecule has 1 fully saturated rings. The first-order valence-electron chi connectivity index (χ1n) is 5.52. The van der Waals surface area contributed by atoms with E-state index in [1.165, 1.54) is 36.9 Å².